The smallest absolute Gasteiger partial charge is 0.237 e. The van der Waals surface area contributed by atoms with Crippen molar-refractivity contribution >= 4 is 11.7 Å². The van der Waals surface area contributed by atoms with Crippen LogP contribution in [0.5, 0.6) is 0 Å². The van der Waals surface area contributed by atoms with Crippen molar-refractivity contribution in [1.29, 1.82) is 0 Å². The number of amides is 1. The number of carbonyl (C=O) groups excluding carboxylic acids is 2. The maximum atomic E-state index is 11.6. The minimum absolute atomic E-state index is 0.0400. The number of nitrogens with zero attached hydrogens (tertiary/aromatic N) is 1. The van der Waals surface area contributed by atoms with E-state index in [1.165, 1.54) is 0 Å². The lowest BCUT2D eigenvalue weighted by Crippen LogP contribution is -2.44. The quantitative estimate of drug-likeness (QED) is 0.678. The summed E-state index contributed by atoms with van der Waals surface area (Å²) < 4.78 is 0. The summed E-state index contributed by atoms with van der Waals surface area (Å²) in [7, 11) is 0. The Labute approximate surface area is 91.0 Å². The van der Waals surface area contributed by atoms with E-state index in [4.69, 9.17) is 0 Å². The predicted molar refractivity (Wildman–Crippen MR) is 58.6 cm³/mol. The van der Waals surface area contributed by atoms with Gasteiger partial charge in [0.05, 0.1) is 12.6 Å². The number of carbonyl (C=O) groups is 2. The van der Waals surface area contributed by atoms with Gasteiger partial charge in [-0.25, -0.2) is 0 Å². The van der Waals surface area contributed by atoms with Crippen molar-refractivity contribution in [2.24, 2.45) is 0 Å². The van der Waals surface area contributed by atoms with Crippen LogP contribution >= 0.6 is 0 Å². The molecule has 1 rings (SSSR count). The van der Waals surface area contributed by atoms with Crippen molar-refractivity contribution in [2.75, 3.05) is 19.6 Å². The summed E-state index contributed by atoms with van der Waals surface area (Å²) in [6.45, 7) is 5.85. The van der Waals surface area contributed by atoms with Gasteiger partial charge in [-0.2, -0.15) is 0 Å². The van der Waals surface area contributed by atoms with Gasteiger partial charge in [-0.15, -0.1) is 0 Å². The van der Waals surface area contributed by atoms with Gasteiger partial charge in [0.25, 0.3) is 0 Å². The molecule has 1 N–H and O–H groups in total. The standard InChI is InChI=1S/C11H20N2O2/c1-3-4-6-12-11(15)9(2)13-7-5-10(14)8-13/h9H,3-8H2,1-2H3,(H,12,15)/t9-/m0/s1. The fraction of sp³-hybridized carbons (Fsp3) is 0.818. The average Bonchev–Trinajstić information content (AvgIpc) is 2.64. The van der Waals surface area contributed by atoms with E-state index in [9.17, 15) is 9.59 Å². The largest absolute Gasteiger partial charge is 0.355 e. The van der Waals surface area contributed by atoms with Gasteiger partial charge < -0.3 is 5.32 Å². The van der Waals surface area contributed by atoms with Gasteiger partial charge in [0.2, 0.25) is 5.91 Å². The number of hydrogen-bond acceptors (Lipinski definition) is 3. The Bertz CT molecular complexity index is 241. The molecule has 1 fully saturated rings. The van der Waals surface area contributed by atoms with E-state index in [1.807, 2.05) is 11.8 Å². The zero-order valence-electron chi connectivity index (χ0n) is 9.58. The molecule has 0 unspecified atom stereocenters. The zero-order valence-corrected chi connectivity index (χ0v) is 9.58. The molecule has 1 heterocycles. The van der Waals surface area contributed by atoms with E-state index in [0.29, 0.717) is 13.0 Å². The second-order valence-corrected chi connectivity index (χ2v) is 4.08. The summed E-state index contributed by atoms with van der Waals surface area (Å²) >= 11 is 0. The van der Waals surface area contributed by atoms with E-state index < -0.39 is 0 Å². The number of Topliss-reactive ketones (excluding diaryl/α,β-unsaturated/α-hetero) is 1. The highest BCUT2D eigenvalue weighted by Gasteiger charge is 2.27. The molecule has 1 amide bonds. The second kappa shape index (κ2) is 5.85. The van der Waals surface area contributed by atoms with Crippen molar-refractivity contribution in [3.63, 3.8) is 0 Å². The van der Waals surface area contributed by atoms with E-state index in [0.717, 1.165) is 25.9 Å². The summed E-state index contributed by atoms with van der Waals surface area (Å²) in [4.78, 5) is 24.6. The molecule has 0 saturated carbocycles. The van der Waals surface area contributed by atoms with Gasteiger partial charge in [-0.05, 0) is 13.3 Å². The summed E-state index contributed by atoms with van der Waals surface area (Å²) in [5, 5.41) is 2.88. The fourth-order valence-electron chi connectivity index (χ4n) is 1.69. The first-order valence-electron chi connectivity index (χ1n) is 5.68. The molecular formula is C11H20N2O2. The molecule has 1 atom stereocenters. The Hall–Kier alpha value is -0.900. The van der Waals surface area contributed by atoms with Gasteiger partial charge >= 0.3 is 0 Å². The van der Waals surface area contributed by atoms with E-state index >= 15 is 0 Å². The lowest BCUT2D eigenvalue weighted by Gasteiger charge is -2.21. The van der Waals surface area contributed by atoms with Crippen LogP contribution < -0.4 is 5.32 Å². The topological polar surface area (TPSA) is 49.4 Å². The Kier molecular flexibility index (Phi) is 4.75. The van der Waals surface area contributed by atoms with Crippen LogP contribution in [0, 0.1) is 0 Å². The maximum Gasteiger partial charge on any atom is 0.237 e. The zero-order chi connectivity index (χ0) is 11.3. The number of nitrogens with one attached hydrogen (secondary N) is 1. The van der Waals surface area contributed by atoms with E-state index in [1.54, 1.807) is 0 Å². The normalized spacial score (nSPS) is 19.2. The number of unbranched alkanes of at least 4 members (excludes halogenated alkanes) is 1. The lowest BCUT2D eigenvalue weighted by molar-refractivity contribution is -0.125. The Balaban J connectivity index is 2.29. The molecule has 0 radical (unpaired) electrons. The third-order valence-corrected chi connectivity index (χ3v) is 2.81. The minimum Gasteiger partial charge on any atom is -0.355 e. The van der Waals surface area contributed by atoms with Gasteiger partial charge in [0.15, 0.2) is 0 Å². The van der Waals surface area contributed by atoms with Gasteiger partial charge in [-0.3, -0.25) is 14.5 Å². The molecule has 1 aliphatic rings. The number of likely N-dealkylation sites (tertiary alicyclic amines) is 1. The molecule has 0 bridgehead atoms. The third kappa shape index (κ3) is 3.63. The van der Waals surface area contributed by atoms with Gasteiger partial charge in [0.1, 0.15) is 5.78 Å². The Morgan fingerprint density at radius 1 is 1.60 bits per heavy atom. The monoisotopic (exact) mass is 212 g/mol. The summed E-state index contributed by atoms with van der Waals surface area (Å²) in [6, 6.07) is -0.173. The van der Waals surface area contributed by atoms with Gasteiger partial charge in [-0.1, -0.05) is 13.3 Å². The maximum absolute atomic E-state index is 11.6. The van der Waals surface area contributed by atoms with Crippen LogP contribution in [-0.4, -0.2) is 42.3 Å². The number of hydrogen-bond donors (Lipinski definition) is 1. The molecule has 15 heavy (non-hydrogen) atoms. The molecule has 1 aliphatic heterocycles. The predicted octanol–water partition coefficient (Wildman–Crippen LogP) is 0.566. The Morgan fingerprint density at radius 3 is 2.87 bits per heavy atom. The molecular weight excluding hydrogens is 192 g/mol. The van der Waals surface area contributed by atoms with Crippen molar-refractivity contribution in [2.45, 2.75) is 39.2 Å². The molecule has 0 aromatic heterocycles. The average molecular weight is 212 g/mol. The van der Waals surface area contributed by atoms with Crippen LogP contribution in [0.2, 0.25) is 0 Å². The molecule has 4 nitrogen and oxygen atoms in total. The van der Waals surface area contributed by atoms with Crippen LogP contribution in [0.4, 0.5) is 0 Å². The van der Waals surface area contributed by atoms with E-state index in [-0.39, 0.29) is 17.7 Å². The van der Waals surface area contributed by atoms with Crippen LogP contribution in [0.25, 0.3) is 0 Å². The van der Waals surface area contributed by atoms with Crippen molar-refractivity contribution in [3.05, 3.63) is 0 Å². The second-order valence-electron chi connectivity index (χ2n) is 4.08. The molecule has 4 heteroatoms. The minimum atomic E-state index is -0.173. The molecule has 0 aliphatic carbocycles. The molecule has 0 spiro atoms. The van der Waals surface area contributed by atoms with Crippen LogP contribution in [-0.2, 0) is 9.59 Å². The van der Waals surface area contributed by atoms with Crippen molar-refractivity contribution in [1.82, 2.24) is 10.2 Å². The third-order valence-electron chi connectivity index (χ3n) is 2.81. The molecule has 0 aromatic rings. The Morgan fingerprint density at radius 2 is 2.33 bits per heavy atom. The summed E-state index contributed by atoms with van der Waals surface area (Å²) in [5.41, 5.74) is 0. The molecule has 0 aromatic carbocycles. The first kappa shape index (κ1) is 12.2. The van der Waals surface area contributed by atoms with Crippen LogP contribution in [0.1, 0.15) is 33.1 Å². The number of rotatable bonds is 5. The van der Waals surface area contributed by atoms with E-state index in [2.05, 4.69) is 12.2 Å². The SMILES string of the molecule is CCCCNC(=O)[C@H](C)N1CCC(=O)C1. The molecule has 1 saturated heterocycles. The highest BCUT2D eigenvalue weighted by atomic mass is 16.2. The van der Waals surface area contributed by atoms with Crippen LogP contribution in [0.3, 0.4) is 0 Å². The highest BCUT2D eigenvalue weighted by molar-refractivity contribution is 5.86. The van der Waals surface area contributed by atoms with Crippen molar-refractivity contribution < 1.29 is 9.59 Å². The highest BCUT2D eigenvalue weighted by Crippen LogP contribution is 2.08. The first-order chi connectivity index (χ1) is 7.15. The lowest BCUT2D eigenvalue weighted by atomic mass is 10.2. The first-order valence-corrected chi connectivity index (χ1v) is 5.68. The van der Waals surface area contributed by atoms with Gasteiger partial charge in [0, 0.05) is 19.5 Å². The fourth-order valence-corrected chi connectivity index (χ4v) is 1.69. The summed E-state index contributed by atoms with van der Waals surface area (Å²) in [6.07, 6.45) is 2.68. The van der Waals surface area contributed by atoms with Crippen LogP contribution in [0.15, 0.2) is 0 Å². The van der Waals surface area contributed by atoms with Crippen molar-refractivity contribution in [3.8, 4) is 0 Å². The number of ketones is 1. The summed E-state index contributed by atoms with van der Waals surface area (Å²) in [5.74, 6) is 0.279. The molecule has 86 valence electrons.